The highest BCUT2D eigenvalue weighted by atomic mass is 16.2. The van der Waals surface area contributed by atoms with Crippen LogP contribution in [0.3, 0.4) is 0 Å². The number of nitrogens with zero attached hydrogens (tertiary/aromatic N) is 1. The molecule has 1 fully saturated rings. The lowest BCUT2D eigenvalue weighted by molar-refractivity contribution is -0.141. The van der Waals surface area contributed by atoms with Crippen LogP contribution < -0.4 is 5.32 Å². The van der Waals surface area contributed by atoms with Gasteiger partial charge in [-0.3, -0.25) is 4.79 Å². The molecule has 20 heavy (non-hydrogen) atoms. The van der Waals surface area contributed by atoms with Crippen LogP contribution in [0.2, 0.25) is 0 Å². The van der Waals surface area contributed by atoms with Gasteiger partial charge in [0.15, 0.2) is 0 Å². The summed E-state index contributed by atoms with van der Waals surface area (Å²) in [5, 5.41) is 3.39. The Morgan fingerprint density at radius 1 is 1.15 bits per heavy atom. The number of carbonyl (C=O) groups excluding carboxylic acids is 1. The Morgan fingerprint density at radius 2 is 1.80 bits per heavy atom. The van der Waals surface area contributed by atoms with Crippen LogP contribution in [0.1, 0.15) is 31.4 Å². The highest BCUT2D eigenvalue weighted by Gasteiger charge is 2.34. The molecule has 0 aromatic heterocycles. The quantitative estimate of drug-likeness (QED) is 0.848. The Morgan fingerprint density at radius 3 is 2.50 bits per heavy atom. The Bertz CT molecular complexity index is 490. The molecule has 0 radical (unpaired) electrons. The molecule has 0 bridgehead atoms. The van der Waals surface area contributed by atoms with E-state index in [-0.39, 0.29) is 5.92 Å². The molecule has 3 rings (SSSR count). The fraction of sp³-hybridized carbons (Fsp3) is 0.588. The topological polar surface area (TPSA) is 32.3 Å². The van der Waals surface area contributed by atoms with Gasteiger partial charge in [0.1, 0.15) is 0 Å². The van der Waals surface area contributed by atoms with Gasteiger partial charge in [-0.25, -0.2) is 0 Å². The van der Waals surface area contributed by atoms with Gasteiger partial charge in [0, 0.05) is 31.1 Å². The van der Waals surface area contributed by atoms with E-state index in [1.807, 2.05) is 0 Å². The minimum absolute atomic E-state index is 0.174. The molecular weight excluding hydrogens is 248 g/mol. The Kier molecular flexibility index (Phi) is 3.79. The predicted octanol–water partition coefficient (Wildman–Crippen LogP) is 2.00. The van der Waals surface area contributed by atoms with Crippen LogP contribution >= 0.6 is 0 Å². The fourth-order valence-corrected chi connectivity index (χ4v) is 3.69. The third-order valence-electron chi connectivity index (χ3n) is 4.78. The minimum Gasteiger partial charge on any atom is -0.334 e. The van der Waals surface area contributed by atoms with Gasteiger partial charge < -0.3 is 10.2 Å². The van der Waals surface area contributed by atoms with Crippen LogP contribution in [0.15, 0.2) is 24.3 Å². The lowest BCUT2D eigenvalue weighted by atomic mass is 9.82. The summed E-state index contributed by atoms with van der Waals surface area (Å²) in [6.07, 6.45) is 2.96. The second kappa shape index (κ2) is 5.57. The predicted molar refractivity (Wildman–Crippen MR) is 80.6 cm³/mol. The van der Waals surface area contributed by atoms with E-state index >= 15 is 0 Å². The van der Waals surface area contributed by atoms with Crippen molar-refractivity contribution in [3.63, 3.8) is 0 Å². The van der Waals surface area contributed by atoms with Crippen LogP contribution in [0, 0.1) is 5.92 Å². The van der Waals surface area contributed by atoms with Crippen molar-refractivity contribution < 1.29 is 4.79 Å². The number of hydrogen-bond acceptors (Lipinski definition) is 2. The lowest BCUT2D eigenvalue weighted by Crippen LogP contribution is -2.58. The second-order valence-corrected chi connectivity index (χ2v) is 6.31. The van der Waals surface area contributed by atoms with Crippen LogP contribution in [0.5, 0.6) is 0 Å². The molecule has 3 unspecified atom stereocenters. The summed E-state index contributed by atoms with van der Waals surface area (Å²) >= 11 is 0. The first-order valence-corrected chi connectivity index (χ1v) is 7.76. The van der Waals surface area contributed by atoms with Gasteiger partial charge in [0.2, 0.25) is 5.91 Å². The molecule has 0 saturated carbocycles. The molecule has 1 aliphatic carbocycles. The third-order valence-corrected chi connectivity index (χ3v) is 4.78. The smallest absolute Gasteiger partial charge is 0.226 e. The highest BCUT2D eigenvalue weighted by molar-refractivity contribution is 5.80. The molecule has 1 N–H and O–H groups in total. The lowest BCUT2D eigenvalue weighted by Gasteiger charge is -2.42. The molecule has 3 nitrogen and oxygen atoms in total. The Balaban J connectivity index is 1.75. The molecular formula is C17H24N2O. The molecule has 1 amide bonds. The van der Waals surface area contributed by atoms with Crippen molar-refractivity contribution in [2.45, 2.75) is 45.2 Å². The monoisotopic (exact) mass is 272 g/mol. The van der Waals surface area contributed by atoms with E-state index in [9.17, 15) is 4.79 Å². The molecule has 1 aromatic carbocycles. The number of benzene rings is 1. The van der Waals surface area contributed by atoms with Crippen molar-refractivity contribution in [3.8, 4) is 0 Å². The fourth-order valence-electron chi connectivity index (χ4n) is 3.69. The first-order valence-electron chi connectivity index (χ1n) is 7.76. The van der Waals surface area contributed by atoms with Crippen molar-refractivity contribution in [1.29, 1.82) is 0 Å². The minimum atomic E-state index is 0.174. The number of carbonyl (C=O) groups is 1. The van der Waals surface area contributed by atoms with E-state index in [1.54, 1.807) is 0 Å². The van der Waals surface area contributed by atoms with Gasteiger partial charge in [0.05, 0.1) is 0 Å². The molecule has 2 aliphatic rings. The number of piperazine rings is 1. The van der Waals surface area contributed by atoms with Crippen LogP contribution in [-0.4, -0.2) is 36.0 Å². The number of hydrogen-bond donors (Lipinski definition) is 1. The molecule has 3 atom stereocenters. The van der Waals surface area contributed by atoms with Gasteiger partial charge in [-0.1, -0.05) is 24.3 Å². The van der Waals surface area contributed by atoms with Crippen LogP contribution in [-0.2, 0) is 17.6 Å². The van der Waals surface area contributed by atoms with Crippen LogP contribution in [0.25, 0.3) is 0 Å². The van der Waals surface area contributed by atoms with Gasteiger partial charge in [-0.15, -0.1) is 0 Å². The van der Waals surface area contributed by atoms with E-state index in [0.29, 0.717) is 18.0 Å². The summed E-state index contributed by atoms with van der Waals surface area (Å²) in [7, 11) is 0. The average molecular weight is 272 g/mol. The molecule has 1 aliphatic heterocycles. The number of nitrogens with one attached hydrogen (secondary N) is 1. The van der Waals surface area contributed by atoms with Crippen molar-refractivity contribution in [2.75, 3.05) is 13.1 Å². The molecule has 3 heteroatoms. The maximum atomic E-state index is 12.9. The maximum Gasteiger partial charge on any atom is 0.226 e. The standard InChI is InChI=1S/C17H24N2O/c1-12-10-18-11-13(2)19(12)17(20)16-8-7-14-5-3-4-6-15(14)9-16/h3-6,12-13,16,18H,7-11H2,1-2H3. The van der Waals surface area contributed by atoms with Gasteiger partial charge in [-0.2, -0.15) is 0 Å². The summed E-state index contributed by atoms with van der Waals surface area (Å²) in [5.74, 6) is 0.536. The average Bonchev–Trinajstić information content (AvgIpc) is 2.46. The van der Waals surface area contributed by atoms with Crippen molar-refractivity contribution in [2.24, 2.45) is 5.92 Å². The van der Waals surface area contributed by atoms with E-state index < -0.39 is 0 Å². The highest BCUT2D eigenvalue weighted by Crippen LogP contribution is 2.28. The second-order valence-electron chi connectivity index (χ2n) is 6.31. The van der Waals surface area contributed by atoms with E-state index in [4.69, 9.17) is 0 Å². The zero-order valence-electron chi connectivity index (χ0n) is 12.4. The summed E-state index contributed by atoms with van der Waals surface area (Å²) in [4.78, 5) is 15.0. The maximum absolute atomic E-state index is 12.9. The van der Waals surface area contributed by atoms with Gasteiger partial charge in [0.25, 0.3) is 0 Å². The first-order chi connectivity index (χ1) is 9.66. The van der Waals surface area contributed by atoms with Crippen molar-refractivity contribution in [3.05, 3.63) is 35.4 Å². The third kappa shape index (κ3) is 2.47. The molecule has 1 heterocycles. The number of aryl methyl sites for hydroxylation is 1. The molecule has 1 saturated heterocycles. The molecule has 108 valence electrons. The van der Waals surface area contributed by atoms with E-state index in [0.717, 1.165) is 32.4 Å². The number of rotatable bonds is 1. The number of amides is 1. The van der Waals surface area contributed by atoms with Gasteiger partial charge in [-0.05, 0) is 44.2 Å². The van der Waals surface area contributed by atoms with Gasteiger partial charge >= 0.3 is 0 Å². The first kappa shape index (κ1) is 13.6. The van der Waals surface area contributed by atoms with E-state index in [2.05, 4.69) is 48.3 Å². The zero-order chi connectivity index (χ0) is 14.1. The molecule has 0 spiro atoms. The zero-order valence-corrected chi connectivity index (χ0v) is 12.4. The summed E-state index contributed by atoms with van der Waals surface area (Å²) < 4.78 is 0. The van der Waals surface area contributed by atoms with E-state index in [1.165, 1.54) is 11.1 Å². The summed E-state index contributed by atoms with van der Waals surface area (Å²) in [5.41, 5.74) is 2.80. The van der Waals surface area contributed by atoms with Crippen LogP contribution in [0.4, 0.5) is 0 Å². The number of fused-ring (bicyclic) bond motifs is 1. The summed E-state index contributed by atoms with van der Waals surface area (Å²) in [6.45, 7) is 6.13. The Labute approximate surface area is 121 Å². The Hall–Kier alpha value is -1.35. The normalized spacial score (nSPS) is 29.9. The SMILES string of the molecule is CC1CNCC(C)N1C(=O)C1CCc2ccccc2C1. The molecule has 1 aromatic rings. The largest absolute Gasteiger partial charge is 0.334 e. The van der Waals surface area contributed by atoms with Crippen molar-refractivity contribution in [1.82, 2.24) is 10.2 Å². The summed E-state index contributed by atoms with van der Waals surface area (Å²) in [6, 6.07) is 9.18. The van der Waals surface area contributed by atoms with Crippen molar-refractivity contribution >= 4 is 5.91 Å².